The molecule has 148 valence electrons. The van der Waals surface area contributed by atoms with E-state index in [-0.39, 0.29) is 24.0 Å². The second kappa shape index (κ2) is 9.11. The first-order valence-electron chi connectivity index (χ1n) is 10.1. The normalized spacial score (nSPS) is 24.5. The number of ether oxygens (including phenoxy) is 2. The second-order valence-corrected chi connectivity index (χ2v) is 7.38. The molecule has 1 N–H and O–H groups in total. The maximum atomic E-state index is 12.8. The van der Waals surface area contributed by atoms with E-state index in [4.69, 9.17) is 9.47 Å². The summed E-state index contributed by atoms with van der Waals surface area (Å²) in [4.78, 5) is 26.4. The van der Waals surface area contributed by atoms with E-state index in [0.717, 1.165) is 43.5 Å². The van der Waals surface area contributed by atoms with Gasteiger partial charge in [-0.05, 0) is 57.1 Å². The summed E-state index contributed by atoms with van der Waals surface area (Å²) in [5.41, 5.74) is 0.825. The van der Waals surface area contributed by atoms with E-state index < -0.39 is 0 Å². The van der Waals surface area contributed by atoms with Crippen LogP contribution >= 0.6 is 0 Å². The molecule has 1 atom stereocenters. The zero-order chi connectivity index (χ0) is 19.2. The van der Waals surface area contributed by atoms with Gasteiger partial charge < -0.3 is 14.8 Å². The molecule has 0 radical (unpaired) electrons. The van der Waals surface area contributed by atoms with Gasteiger partial charge in [0.25, 0.3) is 0 Å². The zero-order valence-electron chi connectivity index (χ0n) is 16.3. The zero-order valence-corrected chi connectivity index (χ0v) is 16.3. The van der Waals surface area contributed by atoms with Gasteiger partial charge in [-0.2, -0.15) is 0 Å². The van der Waals surface area contributed by atoms with Crippen LogP contribution in [0.15, 0.2) is 24.3 Å². The SMILES string of the molecule is CCOC(=O)C1CCC(CNC(=O)N2C[C@@H](CC)Oc3ccccc32)CC1. The van der Waals surface area contributed by atoms with E-state index in [1.165, 1.54) is 0 Å². The number of hydrogen-bond acceptors (Lipinski definition) is 4. The first-order valence-corrected chi connectivity index (χ1v) is 10.1. The van der Waals surface area contributed by atoms with Gasteiger partial charge in [0.1, 0.15) is 11.9 Å². The first kappa shape index (κ1) is 19.5. The number of fused-ring (bicyclic) bond motifs is 1. The number of carbonyl (C=O) groups excluding carboxylic acids is 2. The van der Waals surface area contributed by atoms with Crippen LogP contribution in [0.5, 0.6) is 5.75 Å². The molecule has 0 spiro atoms. The molecule has 3 rings (SSSR count). The van der Waals surface area contributed by atoms with Gasteiger partial charge in [-0.3, -0.25) is 9.69 Å². The third-order valence-electron chi connectivity index (χ3n) is 5.55. The third-order valence-corrected chi connectivity index (χ3v) is 5.55. The molecule has 2 aliphatic rings. The Kier molecular flexibility index (Phi) is 6.58. The third kappa shape index (κ3) is 4.73. The van der Waals surface area contributed by atoms with Crippen LogP contribution < -0.4 is 15.0 Å². The largest absolute Gasteiger partial charge is 0.486 e. The number of rotatable bonds is 5. The second-order valence-electron chi connectivity index (χ2n) is 7.38. The summed E-state index contributed by atoms with van der Waals surface area (Å²) < 4.78 is 11.1. The van der Waals surface area contributed by atoms with Crippen molar-refractivity contribution in [1.29, 1.82) is 0 Å². The van der Waals surface area contributed by atoms with Crippen LogP contribution in [0, 0.1) is 11.8 Å². The highest BCUT2D eigenvalue weighted by molar-refractivity contribution is 5.94. The van der Waals surface area contributed by atoms with Crippen LogP contribution in [0.4, 0.5) is 10.5 Å². The predicted molar refractivity (Wildman–Crippen MR) is 104 cm³/mol. The van der Waals surface area contributed by atoms with Gasteiger partial charge >= 0.3 is 12.0 Å². The molecule has 1 saturated carbocycles. The van der Waals surface area contributed by atoms with Gasteiger partial charge in [-0.25, -0.2) is 4.79 Å². The fourth-order valence-corrected chi connectivity index (χ4v) is 3.89. The molecule has 27 heavy (non-hydrogen) atoms. The van der Waals surface area contributed by atoms with Crippen LogP contribution in [0.3, 0.4) is 0 Å². The topological polar surface area (TPSA) is 67.9 Å². The molecule has 1 aliphatic carbocycles. The molecule has 2 amide bonds. The number of para-hydroxylation sites is 2. The Balaban J connectivity index is 1.52. The number of benzene rings is 1. The highest BCUT2D eigenvalue weighted by Gasteiger charge is 2.30. The number of esters is 1. The maximum Gasteiger partial charge on any atom is 0.322 e. The smallest absolute Gasteiger partial charge is 0.322 e. The Labute approximate surface area is 161 Å². The summed E-state index contributed by atoms with van der Waals surface area (Å²) in [6.07, 6.45) is 4.46. The van der Waals surface area contributed by atoms with Gasteiger partial charge in [0.15, 0.2) is 0 Å². The number of nitrogens with one attached hydrogen (secondary N) is 1. The van der Waals surface area contributed by atoms with Gasteiger partial charge in [-0.1, -0.05) is 19.1 Å². The summed E-state index contributed by atoms with van der Waals surface area (Å²) in [5, 5.41) is 3.09. The van der Waals surface area contributed by atoms with E-state index in [2.05, 4.69) is 12.2 Å². The van der Waals surface area contributed by atoms with Crippen molar-refractivity contribution >= 4 is 17.7 Å². The minimum Gasteiger partial charge on any atom is -0.486 e. The van der Waals surface area contributed by atoms with Crippen LogP contribution in [-0.4, -0.2) is 37.8 Å². The molecule has 6 heteroatoms. The molecular formula is C21H30N2O4. The highest BCUT2D eigenvalue weighted by Crippen LogP contribution is 2.34. The van der Waals surface area contributed by atoms with Crippen molar-refractivity contribution in [3.05, 3.63) is 24.3 Å². The lowest BCUT2D eigenvalue weighted by Gasteiger charge is -2.35. The standard InChI is InChI=1S/C21H30N2O4/c1-3-17-14-23(18-7-5-6-8-19(18)27-17)21(25)22-13-15-9-11-16(12-10-15)20(24)26-4-2/h5-8,15-17H,3-4,9-14H2,1-2H3,(H,22,25)/t15?,16?,17-/m1/s1. The van der Waals surface area contributed by atoms with Gasteiger partial charge in [0.2, 0.25) is 0 Å². The highest BCUT2D eigenvalue weighted by atomic mass is 16.5. The van der Waals surface area contributed by atoms with Crippen molar-refractivity contribution in [3.8, 4) is 5.75 Å². The Bertz CT molecular complexity index is 655. The molecule has 1 aromatic rings. The van der Waals surface area contributed by atoms with Gasteiger partial charge in [0.05, 0.1) is 24.8 Å². The number of carbonyl (C=O) groups is 2. The number of urea groups is 1. The minimum absolute atomic E-state index is 0.0191. The number of amides is 2. The fraction of sp³-hybridized carbons (Fsp3) is 0.619. The van der Waals surface area contributed by atoms with Gasteiger partial charge in [0, 0.05) is 6.54 Å². The average molecular weight is 374 g/mol. The fourth-order valence-electron chi connectivity index (χ4n) is 3.89. The van der Waals surface area contributed by atoms with Crippen molar-refractivity contribution in [1.82, 2.24) is 5.32 Å². The summed E-state index contributed by atoms with van der Waals surface area (Å²) >= 11 is 0. The van der Waals surface area contributed by atoms with E-state index in [0.29, 0.717) is 25.6 Å². The van der Waals surface area contributed by atoms with Crippen molar-refractivity contribution in [2.24, 2.45) is 11.8 Å². The Morgan fingerprint density at radius 1 is 1.19 bits per heavy atom. The molecule has 0 aromatic heterocycles. The lowest BCUT2D eigenvalue weighted by atomic mass is 9.82. The molecular weight excluding hydrogens is 344 g/mol. The van der Waals surface area contributed by atoms with Crippen LogP contribution in [0.25, 0.3) is 0 Å². The Morgan fingerprint density at radius 2 is 1.93 bits per heavy atom. The van der Waals surface area contributed by atoms with Crippen molar-refractivity contribution in [3.63, 3.8) is 0 Å². The van der Waals surface area contributed by atoms with Crippen molar-refractivity contribution in [2.75, 3.05) is 24.6 Å². The molecule has 6 nitrogen and oxygen atoms in total. The first-order chi connectivity index (χ1) is 13.1. The Hall–Kier alpha value is -2.24. The summed E-state index contributed by atoms with van der Waals surface area (Å²) in [6.45, 7) is 5.55. The number of hydrogen-bond donors (Lipinski definition) is 1. The molecule has 0 bridgehead atoms. The van der Waals surface area contributed by atoms with E-state index in [1.54, 1.807) is 4.90 Å². The summed E-state index contributed by atoms with van der Waals surface area (Å²) in [7, 11) is 0. The molecule has 1 aliphatic heterocycles. The summed E-state index contributed by atoms with van der Waals surface area (Å²) in [5.74, 6) is 1.13. The molecule has 1 fully saturated rings. The van der Waals surface area contributed by atoms with Crippen LogP contribution in [-0.2, 0) is 9.53 Å². The van der Waals surface area contributed by atoms with E-state index >= 15 is 0 Å². The maximum absolute atomic E-state index is 12.8. The minimum atomic E-state index is -0.0736. The quantitative estimate of drug-likeness (QED) is 0.797. The lowest BCUT2D eigenvalue weighted by molar-refractivity contribution is -0.149. The van der Waals surface area contributed by atoms with Gasteiger partial charge in [-0.15, -0.1) is 0 Å². The Morgan fingerprint density at radius 3 is 2.63 bits per heavy atom. The monoisotopic (exact) mass is 374 g/mol. The summed E-state index contributed by atoms with van der Waals surface area (Å²) in [6, 6.07) is 7.61. The number of nitrogens with zero attached hydrogens (tertiary/aromatic N) is 1. The van der Waals surface area contributed by atoms with Crippen LogP contribution in [0.2, 0.25) is 0 Å². The lowest BCUT2D eigenvalue weighted by Crippen LogP contribution is -2.49. The van der Waals surface area contributed by atoms with E-state index in [9.17, 15) is 9.59 Å². The van der Waals surface area contributed by atoms with E-state index in [1.807, 2.05) is 31.2 Å². The van der Waals surface area contributed by atoms with Crippen molar-refractivity contribution < 1.29 is 19.1 Å². The average Bonchev–Trinajstić information content (AvgIpc) is 2.71. The van der Waals surface area contributed by atoms with Crippen LogP contribution in [0.1, 0.15) is 46.0 Å². The molecule has 1 heterocycles. The predicted octanol–water partition coefficient (Wildman–Crippen LogP) is 3.74. The molecule has 1 aromatic carbocycles. The number of anilines is 1. The molecule has 0 saturated heterocycles. The molecule has 0 unspecified atom stereocenters. The van der Waals surface area contributed by atoms with Crippen molar-refractivity contribution in [2.45, 2.75) is 52.1 Å².